The summed E-state index contributed by atoms with van der Waals surface area (Å²) in [4.78, 5) is 29.2. The zero-order valence-corrected chi connectivity index (χ0v) is 12.2. The molecule has 1 rings (SSSR count). The lowest BCUT2D eigenvalue weighted by atomic mass is 10.2. The number of carbonyl (C=O) groups excluding carboxylic acids is 1. The van der Waals surface area contributed by atoms with Gasteiger partial charge in [0.1, 0.15) is 0 Å². The van der Waals surface area contributed by atoms with Crippen LogP contribution in [0.1, 0.15) is 16.8 Å². The number of methoxy groups -OCH3 is 2. The van der Waals surface area contributed by atoms with E-state index in [9.17, 15) is 9.36 Å². The number of amides is 1. The highest BCUT2D eigenvalue weighted by Crippen LogP contribution is 2.34. The van der Waals surface area contributed by atoms with Crippen molar-refractivity contribution in [1.82, 2.24) is 5.32 Å². The average molecular weight is 303 g/mol. The fourth-order valence-corrected chi connectivity index (χ4v) is 2.14. The maximum Gasteiger partial charge on any atom is 0.325 e. The van der Waals surface area contributed by atoms with E-state index in [4.69, 9.17) is 19.3 Å². The van der Waals surface area contributed by atoms with E-state index in [1.807, 2.05) is 0 Å². The Kier molecular flexibility index (Phi) is 6.01. The molecule has 0 aliphatic rings. The van der Waals surface area contributed by atoms with E-state index >= 15 is 0 Å². The van der Waals surface area contributed by atoms with Crippen LogP contribution in [-0.4, -0.2) is 42.6 Å². The third kappa shape index (κ3) is 5.21. The predicted molar refractivity (Wildman–Crippen MR) is 73.4 cm³/mol. The summed E-state index contributed by atoms with van der Waals surface area (Å²) in [6, 6.07) is 4.74. The molecular weight excluding hydrogens is 285 g/mol. The van der Waals surface area contributed by atoms with E-state index in [2.05, 4.69) is 5.32 Å². The second-order valence-corrected chi connectivity index (χ2v) is 5.84. The first-order chi connectivity index (χ1) is 9.37. The first kappa shape index (κ1) is 16.5. The lowest BCUT2D eigenvalue weighted by Crippen LogP contribution is -2.25. The highest BCUT2D eigenvalue weighted by atomic mass is 31.2. The number of hydrogen-bond donors (Lipinski definition) is 3. The van der Waals surface area contributed by atoms with Gasteiger partial charge in [-0.2, -0.15) is 0 Å². The molecule has 1 aromatic carbocycles. The van der Waals surface area contributed by atoms with Gasteiger partial charge in [-0.25, -0.2) is 0 Å². The van der Waals surface area contributed by atoms with Gasteiger partial charge in [-0.05, 0) is 24.6 Å². The van der Waals surface area contributed by atoms with Gasteiger partial charge in [-0.1, -0.05) is 0 Å². The van der Waals surface area contributed by atoms with Crippen LogP contribution >= 0.6 is 7.60 Å². The van der Waals surface area contributed by atoms with Crippen LogP contribution in [-0.2, 0) is 4.57 Å². The average Bonchev–Trinajstić information content (AvgIpc) is 2.41. The van der Waals surface area contributed by atoms with Gasteiger partial charge >= 0.3 is 7.60 Å². The Morgan fingerprint density at radius 2 is 1.90 bits per heavy atom. The van der Waals surface area contributed by atoms with Crippen LogP contribution < -0.4 is 14.8 Å². The van der Waals surface area contributed by atoms with Gasteiger partial charge in [0.05, 0.1) is 20.4 Å². The highest BCUT2D eigenvalue weighted by molar-refractivity contribution is 7.51. The van der Waals surface area contributed by atoms with Crippen molar-refractivity contribution in [3.63, 3.8) is 0 Å². The largest absolute Gasteiger partial charge is 0.493 e. The van der Waals surface area contributed by atoms with Crippen LogP contribution in [0.15, 0.2) is 18.2 Å². The summed E-state index contributed by atoms with van der Waals surface area (Å²) >= 11 is 0. The molecule has 20 heavy (non-hydrogen) atoms. The lowest BCUT2D eigenvalue weighted by Gasteiger charge is -2.10. The second-order valence-electron chi connectivity index (χ2n) is 4.07. The molecule has 0 aliphatic heterocycles. The van der Waals surface area contributed by atoms with Crippen LogP contribution in [0.2, 0.25) is 0 Å². The Hall–Kier alpha value is -1.56. The van der Waals surface area contributed by atoms with Gasteiger partial charge in [-0.15, -0.1) is 0 Å². The molecule has 0 fully saturated rings. The molecule has 7 nitrogen and oxygen atoms in total. The number of nitrogens with one attached hydrogen (secondary N) is 1. The summed E-state index contributed by atoms with van der Waals surface area (Å²) < 4.78 is 20.8. The van der Waals surface area contributed by atoms with E-state index in [-0.39, 0.29) is 25.0 Å². The molecule has 1 aromatic rings. The van der Waals surface area contributed by atoms with Gasteiger partial charge in [0.15, 0.2) is 11.5 Å². The minimum absolute atomic E-state index is 0.193. The predicted octanol–water partition coefficient (Wildman–Crippen LogP) is 1.00. The minimum atomic E-state index is -4.01. The summed E-state index contributed by atoms with van der Waals surface area (Å²) in [5.41, 5.74) is 0.388. The zero-order chi connectivity index (χ0) is 15.2. The Bertz CT molecular complexity index is 513. The first-order valence-corrected chi connectivity index (χ1v) is 7.72. The molecule has 8 heteroatoms. The van der Waals surface area contributed by atoms with Gasteiger partial charge in [-0.3, -0.25) is 9.36 Å². The molecule has 0 atom stereocenters. The molecule has 0 saturated carbocycles. The van der Waals surface area contributed by atoms with E-state index in [1.54, 1.807) is 12.1 Å². The first-order valence-electron chi connectivity index (χ1n) is 5.92. The Morgan fingerprint density at radius 1 is 1.25 bits per heavy atom. The number of carbonyl (C=O) groups is 1. The molecule has 0 heterocycles. The summed E-state index contributed by atoms with van der Waals surface area (Å²) in [7, 11) is -1.04. The Balaban J connectivity index is 2.57. The van der Waals surface area contributed by atoms with Gasteiger partial charge in [0, 0.05) is 12.1 Å². The minimum Gasteiger partial charge on any atom is -0.493 e. The lowest BCUT2D eigenvalue weighted by molar-refractivity contribution is 0.0953. The maximum absolute atomic E-state index is 11.8. The smallest absolute Gasteiger partial charge is 0.325 e. The fourth-order valence-electron chi connectivity index (χ4n) is 1.57. The molecule has 0 bridgehead atoms. The van der Waals surface area contributed by atoms with Crippen molar-refractivity contribution >= 4 is 13.5 Å². The summed E-state index contributed by atoms with van der Waals surface area (Å²) in [5.74, 6) is 0.623. The molecule has 1 amide bonds. The van der Waals surface area contributed by atoms with E-state index in [0.29, 0.717) is 17.1 Å². The third-order valence-corrected chi connectivity index (χ3v) is 3.46. The van der Waals surface area contributed by atoms with Crippen molar-refractivity contribution in [3.05, 3.63) is 23.8 Å². The zero-order valence-electron chi connectivity index (χ0n) is 11.3. The van der Waals surface area contributed by atoms with Crippen molar-refractivity contribution in [3.8, 4) is 11.5 Å². The quantitative estimate of drug-likeness (QED) is 0.513. The molecule has 0 aromatic heterocycles. The Labute approximate surface area is 117 Å². The normalized spacial score (nSPS) is 11.0. The number of hydrogen-bond acceptors (Lipinski definition) is 4. The van der Waals surface area contributed by atoms with E-state index in [0.717, 1.165) is 0 Å². The maximum atomic E-state index is 11.8. The van der Waals surface area contributed by atoms with Crippen LogP contribution in [0.5, 0.6) is 11.5 Å². The summed E-state index contributed by atoms with van der Waals surface area (Å²) in [5, 5.41) is 2.58. The third-order valence-electron chi connectivity index (χ3n) is 2.56. The summed E-state index contributed by atoms with van der Waals surface area (Å²) in [6.07, 6.45) is -0.0392. The van der Waals surface area contributed by atoms with Crippen molar-refractivity contribution in [2.75, 3.05) is 26.9 Å². The van der Waals surface area contributed by atoms with Crippen LogP contribution in [0, 0.1) is 0 Å². The van der Waals surface area contributed by atoms with Crippen LogP contribution in [0.25, 0.3) is 0 Å². The van der Waals surface area contributed by atoms with E-state index in [1.165, 1.54) is 20.3 Å². The number of rotatable bonds is 7. The molecule has 112 valence electrons. The molecule has 0 saturated heterocycles. The summed E-state index contributed by atoms with van der Waals surface area (Å²) in [6.45, 7) is 0.193. The standard InChI is InChI=1S/C12H18NO6P/c1-18-10-5-4-9(8-11(10)19-2)12(14)13-6-3-7-20(15,16)17/h4-5,8H,3,6-7H2,1-2H3,(H,13,14)(H2,15,16,17). The van der Waals surface area contributed by atoms with Crippen LogP contribution in [0.3, 0.4) is 0 Å². The van der Waals surface area contributed by atoms with Crippen LogP contribution in [0.4, 0.5) is 0 Å². The van der Waals surface area contributed by atoms with Crippen molar-refractivity contribution in [1.29, 1.82) is 0 Å². The second kappa shape index (κ2) is 7.28. The topological polar surface area (TPSA) is 105 Å². The molecule has 0 spiro atoms. The Morgan fingerprint density at radius 3 is 2.45 bits per heavy atom. The van der Waals surface area contributed by atoms with Crippen molar-refractivity contribution in [2.24, 2.45) is 0 Å². The highest BCUT2D eigenvalue weighted by Gasteiger charge is 2.13. The van der Waals surface area contributed by atoms with Gasteiger partial charge < -0.3 is 24.6 Å². The van der Waals surface area contributed by atoms with Crippen molar-refractivity contribution < 1.29 is 28.6 Å². The molecular formula is C12H18NO6P. The number of ether oxygens (including phenoxy) is 2. The molecule has 0 unspecified atom stereocenters. The number of benzene rings is 1. The monoisotopic (exact) mass is 303 g/mol. The fraction of sp³-hybridized carbons (Fsp3) is 0.417. The molecule has 0 aliphatic carbocycles. The van der Waals surface area contributed by atoms with Crippen molar-refractivity contribution in [2.45, 2.75) is 6.42 Å². The van der Waals surface area contributed by atoms with E-state index < -0.39 is 7.60 Å². The van der Waals surface area contributed by atoms with Gasteiger partial charge in [0.25, 0.3) is 5.91 Å². The molecule has 0 radical (unpaired) electrons. The SMILES string of the molecule is COc1ccc(C(=O)NCCCP(=O)(O)O)cc1OC. The van der Waals surface area contributed by atoms with Gasteiger partial charge in [0.2, 0.25) is 0 Å². The molecule has 3 N–H and O–H groups in total.